The van der Waals surface area contributed by atoms with Crippen LogP contribution in [0.5, 0.6) is 0 Å². The number of halogens is 1. The summed E-state index contributed by atoms with van der Waals surface area (Å²) in [5.74, 6) is 0. The minimum Gasteiger partial charge on any atom is -0.392 e. The maximum absolute atomic E-state index is 12.2. The van der Waals surface area contributed by atoms with Crippen LogP contribution in [0.1, 0.15) is 16.0 Å². The average molecular weight is 376 g/mol. The van der Waals surface area contributed by atoms with Crippen LogP contribution in [-0.2, 0) is 23.2 Å². The fraction of sp³-hybridized carbons (Fsp3) is 0.231. The molecule has 0 aliphatic carbocycles. The molecule has 0 spiro atoms. The number of benzene rings is 1. The average Bonchev–Trinajstić information content (AvgIpc) is 2.83. The number of nitrogens with one attached hydrogen (secondary N) is 1. The lowest BCUT2D eigenvalue weighted by Crippen LogP contribution is -2.23. The maximum Gasteiger partial charge on any atom is 0.240 e. The van der Waals surface area contributed by atoms with Gasteiger partial charge in [-0.1, -0.05) is 6.07 Å². The number of rotatable bonds is 5. The number of sulfonamides is 1. The minimum atomic E-state index is -3.57. The Hall–Kier alpha value is -0.730. The van der Waals surface area contributed by atoms with Crippen LogP contribution in [0.15, 0.2) is 39.0 Å². The van der Waals surface area contributed by atoms with Gasteiger partial charge in [0.25, 0.3) is 0 Å². The van der Waals surface area contributed by atoms with Gasteiger partial charge >= 0.3 is 0 Å². The van der Waals surface area contributed by atoms with Crippen molar-refractivity contribution in [3.63, 3.8) is 0 Å². The van der Waals surface area contributed by atoms with E-state index in [1.165, 1.54) is 17.4 Å². The van der Waals surface area contributed by atoms with E-state index in [0.717, 1.165) is 14.9 Å². The summed E-state index contributed by atoms with van der Waals surface area (Å²) in [7, 11) is -3.57. The van der Waals surface area contributed by atoms with E-state index in [1.807, 2.05) is 18.4 Å². The van der Waals surface area contributed by atoms with Gasteiger partial charge < -0.3 is 5.11 Å². The highest BCUT2D eigenvalue weighted by molar-refractivity contribution is 9.10. The number of aliphatic hydroxyl groups excluding tert-OH is 1. The van der Waals surface area contributed by atoms with Crippen LogP contribution >= 0.6 is 27.3 Å². The van der Waals surface area contributed by atoms with Gasteiger partial charge in [0.05, 0.1) is 11.5 Å². The lowest BCUT2D eigenvalue weighted by Gasteiger charge is -2.08. The zero-order chi connectivity index (χ0) is 14.8. The van der Waals surface area contributed by atoms with Crippen molar-refractivity contribution in [2.45, 2.75) is 25.0 Å². The number of aliphatic hydroxyl groups is 1. The summed E-state index contributed by atoms with van der Waals surface area (Å²) in [4.78, 5) is 1.10. The zero-order valence-electron chi connectivity index (χ0n) is 10.8. The topological polar surface area (TPSA) is 66.4 Å². The van der Waals surface area contributed by atoms with E-state index in [4.69, 9.17) is 0 Å². The Bertz CT molecular complexity index is 710. The highest BCUT2D eigenvalue weighted by Gasteiger charge is 2.15. The highest BCUT2D eigenvalue weighted by atomic mass is 79.9. The van der Waals surface area contributed by atoms with Crippen molar-refractivity contribution in [2.75, 3.05) is 0 Å². The molecule has 0 fully saturated rings. The molecule has 20 heavy (non-hydrogen) atoms. The molecule has 0 aliphatic rings. The predicted octanol–water partition coefficient (Wildman–Crippen LogP) is 2.79. The first kappa shape index (κ1) is 15.7. The van der Waals surface area contributed by atoms with Crippen molar-refractivity contribution >= 4 is 37.3 Å². The highest BCUT2D eigenvalue weighted by Crippen LogP contribution is 2.21. The third kappa shape index (κ3) is 3.67. The van der Waals surface area contributed by atoms with Crippen LogP contribution in [-0.4, -0.2) is 13.5 Å². The second kappa shape index (κ2) is 6.36. The van der Waals surface area contributed by atoms with Gasteiger partial charge in [-0.25, -0.2) is 13.1 Å². The SMILES string of the molecule is Cc1ccc(S(=O)(=O)NCc2cc(Br)cs2)cc1CO. The van der Waals surface area contributed by atoms with Crippen LogP contribution in [0.2, 0.25) is 0 Å². The molecule has 1 aromatic carbocycles. The summed E-state index contributed by atoms with van der Waals surface area (Å²) >= 11 is 4.81. The molecule has 0 amide bonds. The molecule has 0 aliphatic heterocycles. The molecule has 2 aromatic rings. The van der Waals surface area contributed by atoms with Gasteiger partial charge in [0.2, 0.25) is 10.0 Å². The van der Waals surface area contributed by atoms with Crippen LogP contribution < -0.4 is 4.72 Å². The van der Waals surface area contributed by atoms with E-state index >= 15 is 0 Å². The summed E-state index contributed by atoms with van der Waals surface area (Å²) in [6.45, 7) is 1.91. The molecule has 2 rings (SSSR count). The molecule has 0 saturated heterocycles. The lowest BCUT2D eigenvalue weighted by atomic mass is 10.1. The Labute approximate surface area is 130 Å². The largest absolute Gasteiger partial charge is 0.392 e. The molecule has 2 N–H and O–H groups in total. The molecule has 1 heterocycles. The van der Waals surface area contributed by atoms with E-state index in [-0.39, 0.29) is 18.0 Å². The van der Waals surface area contributed by atoms with Crippen molar-refractivity contribution in [2.24, 2.45) is 0 Å². The molecule has 0 bridgehead atoms. The van der Waals surface area contributed by atoms with Gasteiger partial charge in [-0.05, 0) is 52.2 Å². The fourth-order valence-corrected chi connectivity index (χ4v) is 4.22. The van der Waals surface area contributed by atoms with Gasteiger partial charge in [-0.3, -0.25) is 0 Å². The van der Waals surface area contributed by atoms with Gasteiger partial charge in [0.1, 0.15) is 0 Å². The van der Waals surface area contributed by atoms with Crippen molar-refractivity contribution in [3.8, 4) is 0 Å². The number of thiophene rings is 1. The third-order valence-electron chi connectivity index (χ3n) is 2.86. The van der Waals surface area contributed by atoms with Crippen molar-refractivity contribution in [1.29, 1.82) is 0 Å². The van der Waals surface area contributed by atoms with E-state index in [1.54, 1.807) is 12.1 Å². The number of hydrogen-bond acceptors (Lipinski definition) is 4. The molecular weight excluding hydrogens is 362 g/mol. The van der Waals surface area contributed by atoms with E-state index in [9.17, 15) is 13.5 Å². The molecule has 0 unspecified atom stereocenters. The Morgan fingerprint density at radius 2 is 2.10 bits per heavy atom. The van der Waals surface area contributed by atoms with Crippen LogP contribution in [0.3, 0.4) is 0 Å². The van der Waals surface area contributed by atoms with Crippen LogP contribution in [0.25, 0.3) is 0 Å². The summed E-state index contributed by atoms with van der Waals surface area (Å²) in [6.07, 6.45) is 0. The normalized spacial score (nSPS) is 11.8. The molecule has 0 atom stereocenters. The number of hydrogen-bond donors (Lipinski definition) is 2. The van der Waals surface area contributed by atoms with Gasteiger partial charge in [-0.2, -0.15) is 0 Å². The second-order valence-corrected chi connectivity index (χ2v) is 7.98. The Morgan fingerprint density at radius 1 is 1.35 bits per heavy atom. The summed E-state index contributed by atoms with van der Waals surface area (Å²) in [5.41, 5.74) is 1.49. The van der Waals surface area contributed by atoms with Crippen LogP contribution in [0, 0.1) is 6.92 Å². The molecule has 4 nitrogen and oxygen atoms in total. The third-order valence-corrected chi connectivity index (χ3v) is 5.96. The molecule has 7 heteroatoms. The predicted molar refractivity (Wildman–Crippen MR) is 83.1 cm³/mol. The monoisotopic (exact) mass is 375 g/mol. The molecular formula is C13H14BrNO3S2. The maximum atomic E-state index is 12.2. The van der Waals surface area contributed by atoms with Crippen LogP contribution in [0.4, 0.5) is 0 Å². The van der Waals surface area contributed by atoms with Crippen molar-refractivity contribution in [3.05, 3.63) is 50.1 Å². The first-order chi connectivity index (χ1) is 9.42. The second-order valence-electron chi connectivity index (χ2n) is 4.30. The molecule has 0 radical (unpaired) electrons. The summed E-state index contributed by atoms with van der Waals surface area (Å²) in [6, 6.07) is 6.62. The Kier molecular flexibility index (Phi) is 4.98. The lowest BCUT2D eigenvalue weighted by molar-refractivity contribution is 0.280. The van der Waals surface area contributed by atoms with E-state index in [0.29, 0.717) is 5.56 Å². The molecule has 108 valence electrons. The summed E-state index contributed by atoms with van der Waals surface area (Å²) < 4.78 is 27.9. The zero-order valence-corrected chi connectivity index (χ0v) is 14.0. The van der Waals surface area contributed by atoms with Gasteiger partial charge in [-0.15, -0.1) is 11.3 Å². The van der Waals surface area contributed by atoms with E-state index < -0.39 is 10.0 Å². The van der Waals surface area contributed by atoms with Gasteiger partial charge in [0, 0.05) is 21.3 Å². The minimum absolute atomic E-state index is 0.169. The van der Waals surface area contributed by atoms with E-state index in [2.05, 4.69) is 20.7 Å². The standard InChI is InChI=1S/C13H14BrNO3S2/c1-9-2-3-13(4-10(9)7-16)20(17,18)15-6-12-5-11(14)8-19-12/h2-5,8,15-16H,6-7H2,1H3. The molecule has 1 aromatic heterocycles. The fourth-order valence-electron chi connectivity index (χ4n) is 1.68. The number of aryl methyl sites for hydroxylation is 1. The first-order valence-corrected chi connectivity index (χ1v) is 9.01. The quantitative estimate of drug-likeness (QED) is 0.844. The Morgan fingerprint density at radius 3 is 2.70 bits per heavy atom. The molecule has 0 saturated carbocycles. The smallest absolute Gasteiger partial charge is 0.240 e. The van der Waals surface area contributed by atoms with Crippen molar-refractivity contribution < 1.29 is 13.5 Å². The van der Waals surface area contributed by atoms with Crippen molar-refractivity contribution in [1.82, 2.24) is 4.72 Å². The van der Waals surface area contributed by atoms with Gasteiger partial charge in [0.15, 0.2) is 0 Å². The first-order valence-electron chi connectivity index (χ1n) is 5.85. The summed E-state index contributed by atoms with van der Waals surface area (Å²) in [5, 5.41) is 11.1. The Balaban J connectivity index is 2.17.